The summed E-state index contributed by atoms with van der Waals surface area (Å²) in [5.41, 5.74) is -0.320. The monoisotopic (exact) mass is 272 g/mol. The number of carbonyl (C=O) groups is 2. The molecular weight excluding hydrogens is 244 g/mol. The van der Waals surface area contributed by atoms with Crippen LogP contribution in [0.25, 0.3) is 0 Å². The smallest absolute Gasteiger partial charge is 0.225 e. The van der Waals surface area contributed by atoms with Crippen LogP contribution in [0.5, 0.6) is 0 Å². The molecule has 0 unspecified atom stereocenters. The van der Waals surface area contributed by atoms with Gasteiger partial charge in [-0.3, -0.25) is 4.79 Å². The summed E-state index contributed by atoms with van der Waals surface area (Å²) in [6.45, 7) is 7.88. The molecule has 0 radical (unpaired) electrons. The molecule has 0 saturated heterocycles. The first-order valence-corrected chi connectivity index (χ1v) is 6.91. The van der Waals surface area contributed by atoms with Crippen LogP contribution in [0.3, 0.4) is 0 Å². The van der Waals surface area contributed by atoms with Crippen LogP contribution in [-0.2, 0) is 9.59 Å². The number of nitrogens with zero attached hydrogens (tertiary/aromatic N) is 1. The maximum atomic E-state index is 11.8. The predicted octanol–water partition coefficient (Wildman–Crippen LogP) is 0.145. The average molecular weight is 272 g/mol. The van der Waals surface area contributed by atoms with E-state index < -0.39 is 5.97 Å². The summed E-state index contributed by atoms with van der Waals surface area (Å²) in [7, 11) is 3.97. The van der Waals surface area contributed by atoms with Gasteiger partial charge in [-0.1, -0.05) is 20.8 Å². The van der Waals surface area contributed by atoms with Crippen molar-refractivity contribution in [1.82, 2.24) is 5.32 Å². The molecule has 0 rings (SSSR count). The second-order valence-electron chi connectivity index (χ2n) is 6.35. The quantitative estimate of drug-likeness (QED) is 0.480. The molecule has 0 spiro atoms. The van der Waals surface area contributed by atoms with Gasteiger partial charge in [-0.15, -0.1) is 0 Å². The van der Waals surface area contributed by atoms with Crippen molar-refractivity contribution in [3.05, 3.63) is 0 Å². The highest BCUT2D eigenvalue weighted by Crippen LogP contribution is 2.19. The third kappa shape index (κ3) is 7.82. The predicted molar refractivity (Wildman–Crippen MR) is 73.2 cm³/mol. The van der Waals surface area contributed by atoms with Gasteiger partial charge in [-0.05, 0) is 6.42 Å². The number of rotatable bonds is 9. The number of carboxylic acids is 1. The Bertz CT molecular complexity index is 312. The lowest BCUT2D eigenvalue weighted by molar-refractivity contribution is -0.890. The fourth-order valence-corrected chi connectivity index (χ4v) is 1.61. The molecule has 0 aliphatic rings. The summed E-state index contributed by atoms with van der Waals surface area (Å²) >= 11 is 0. The van der Waals surface area contributed by atoms with E-state index in [9.17, 15) is 14.7 Å². The van der Waals surface area contributed by atoms with Gasteiger partial charge in [0, 0.05) is 30.8 Å². The van der Waals surface area contributed by atoms with Crippen LogP contribution >= 0.6 is 0 Å². The molecule has 112 valence electrons. The van der Waals surface area contributed by atoms with Gasteiger partial charge < -0.3 is 19.7 Å². The number of carboxylic acid groups (broad SMARTS) is 1. The molecule has 5 nitrogen and oxygen atoms in total. The summed E-state index contributed by atoms with van der Waals surface area (Å²) in [5, 5.41) is 13.4. The van der Waals surface area contributed by atoms with E-state index in [1.807, 2.05) is 34.9 Å². The highest BCUT2D eigenvalue weighted by Gasteiger charge is 2.24. The third-order valence-electron chi connectivity index (χ3n) is 3.65. The second-order valence-corrected chi connectivity index (χ2v) is 6.35. The zero-order chi connectivity index (χ0) is 15.1. The van der Waals surface area contributed by atoms with Crippen LogP contribution in [0.15, 0.2) is 0 Å². The molecule has 1 amide bonds. The van der Waals surface area contributed by atoms with E-state index in [-0.39, 0.29) is 17.7 Å². The minimum atomic E-state index is -1.01. The van der Waals surface area contributed by atoms with Crippen molar-refractivity contribution in [2.75, 3.05) is 33.7 Å². The molecule has 0 heterocycles. The third-order valence-corrected chi connectivity index (χ3v) is 3.65. The Morgan fingerprint density at radius 1 is 1.21 bits per heavy atom. The Kier molecular flexibility index (Phi) is 7.05. The van der Waals surface area contributed by atoms with E-state index in [4.69, 9.17) is 0 Å². The van der Waals surface area contributed by atoms with Crippen molar-refractivity contribution in [3.8, 4) is 0 Å². The number of hydrogen-bond acceptors (Lipinski definition) is 3. The van der Waals surface area contributed by atoms with Crippen LogP contribution in [0.2, 0.25) is 0 Å². The van der Waals surface area contributed by atoms with Gasteiger partial charge in [0.05, 0.1) is 27.2 Å². The Morgan fingerprint density at radius 2 is 1.79 bits per heavy atom. The number of nitrogens with one attached hydrogen (secondary N) is 1. The zero-order valence-corrected chi connectivity index (χ0v) is 12.9. The van der Waals surface area contributed by atoms with Gasteiger partial charge in [-0.25, -0.2) is 0 Å². The largest absolute Gasteiger partial charge is 0.550 e. The van der Waals surface area contributed by atoms with Crippen molar-refractivity contribution in [3.63, 3.8) is 0 Å². The molecule has 1 N–H and O–H groups in total. The van der Waals surface area contributed by atoms with Crippen molar-refractivity contribution in [2.24, 2.45) is 5.41 Å². The molecule has 19 heavy (non-hydrogen) atoms. The van der Waals surface area contributed by atoms with Gasteiger partial charge in [0.2, 0.25) is 5.91 Å². The fraction of sp³-hybridized carbons (Fsp3) is 0.857. The van der Waals surface area contributed by atoms with E-state index in [1.54, 1.807) is 0 Å². The average Bonchev–Trinajstić information content (AvgIpc) is 2.32. The molecule has 0 aliphatic heterocycles. The maximum absolute atomic E-state index is 11.8. The summed E-state index contributed by atoms with van der Waals surface area (Å²) in [6.07, 6.45) is 1.72. The molecular formula is C14H28N2O3. The van der Waals surface area contributed by atoms with Crippen molar-refractivity contribution < 1.29 is 19.2 Å². The highest BCUT2D eigenvalue weighted by atomic mass is 16.4. The molecule has 5 heteroatoms. The van der Waals surface area contributed by atoms with Gasteiger partial charge in [0.15, 0.2) is 0 Å². The first-order chi connectivity index (χ1) is 8.60. The minimum absolute atomic E-state index is 0.0717. The topological polar surface area (TPSA) is 69.2 Å². The lowest BCUT2D eigenvalue weighted by Gasteiger charge is -2.30. The van der Waals surface area contributed by atoms with Crippen LogP contribution in [0, 0.1) is 5.41 Å². The zero-order valence-electron chi connectivity index (χ0n) is 12.9. The Balaban J connectivity index is 3.91. The first-order valence-electron chi connectivity index (χ1n) is 6.91. The van der Waals surface area contributed by atoms with E-state index in [2.05, 4.69) is 5.32 Å². The normalized spacial score (nSPS) is 12.3. The number of amides is 1. The summed E-state index contributed by atoms with van der Waals surface area (Å²) in [5.74, 6) is -0.931. The van der Waals surface area contributed by atoms with E-state index in [0.29, 0.717) is 17.6 Å². The maximum Gasteiger partial charge on any atom is 0.225 e. The first kappa shape index (κ1) is 17.9. The standard InChI is InChI=1S/C14H28N2O3/c1-6-14(2,3)13(19)15-9-7-10-16(4,5)11-8-12(17)18/h6-11H2,1-5H3,(H-,15,17,18,19). The van der Waals surface area contributed by atoms with E-state index in [0.717, 1.165) is 19.4 Å². The molecule has 0 saturated carbocycles. The number of quaternary nitrogens is 1. The highest BCUT2D eigenvalue weighted by molar-refractivity contribution is 5.81. The van der Waals surface area contributed by atoms with Gasteiger partial charge >= 0.3 is 0 Å². The SMILES string of the molecule is CCC(C)(C)C(=O)NCCC[N+](C)(C)CCC(=O)[O-]. The molecule has 0 fully saturated rings. The van der Waals surface area contributed by atoms with Crippen LogP contribution in [0.4, 0.5) is 0 Å². The Hall–Kier alpha value is -1.10. The lowest BCUT2D eigenvalue weighted by atomic mass is 9.89. The van der Waals surface area contributed by atoms with Crippen LogP contribution < -0.4 is 10.4 Å². The summed E-state index contributed by atoms with van der Waals surface area (Å²) < 4.78 is 0.626. The molecule has 0 bridgehead atoms. The van der Waals surface area contributed by atoms with Gasteiger partial charge in [0.25, 0.3) is 0 Å². The Labute approximate surface area is 116 Å². The van der Waals surface area contributed by atoms with Gasteiger partial charge in [0.1, 0.15) is 0 Å². The van der Waals surface area contributed by atoms with E-state index >= 15 is 0 Å². The van der Waals surface area contributed by atoms with E-state index in [1.165, 1.54) is 0 Å². The van der Waals surface area contributed by atoms with Crippen molar-refractivity contribution >= 4 is 11.9 Å². The summed E-state index contributed by atoms with van der Waals surface area (Å²) in [4.78, 5) is 22.3. The number of hydrogen-bond donors (Lipinski definition) is 1. The van der Waals surface area contributed by atoms with Crippen molar-refractivity contribution in [2.45, 2.75) is 40.0 Å². The number of carbonyl (C=O) groups excluding carboxylic acids is 2. The molecule has 0 atom stereocenters. The second kappa shape index (κ2) is 7.48. The Morgan fingerprint density at radius 3 is 2.26 bits per heavy atom. The molecule has 0 aromatic carbocycles. The minimum Gasteiger partial charge on any atom is -0.550 e. The number of aliphatic carboxylic acids is 1. The summed E-state index contributed by atoms with van der Waals surface area (Å²) in [6, 6.07) is 0. The lowest BCUT2D eigenvalue weighted by Crippen LogP contribution is -2.45. The molecule has 0 aliphatic carbocycles. The van der Waals surface area contributed by atoms with Crippen LogP contribution in [-0.4, -0.2) is 50.1 Å². The molecule has 0 aromatic heterocycles. The fourth-order valence-electron chi connectivity index (χ4n) is 1.61. The molecule has 0 aromatic rings. The van der Waals surface area contributed by atoms with Crippen molar-refractivity contribution in [1.29, 1.82) is 0 Å². The van der Waals surface area contributed by atoms with Crippen LogP contribution in [0.1, 0.15) is 40.0 Å². The van der Waals surface area contributed by atoms with Gasteiger partial charge in [-0.2, -0.15) is 0 Å².